The molecule has 0 aromatic heterocycles. The Morgan fingerprint density at radius 2 is 1.83 bits per heavy atom. The molecule has 0 aliphatic carbocycles. The molecule has 4 N–H and O–H groups in total. The summed E-state index contributed by atoms with van der Waals surface area (Å²) in [5, 5.41) is 14.0. The Morgan fingerprint density at radius 1 is 1.28 bits per heavy atom. The van der Waals surface area contributed by atoms with Crippen molar-refractivity contribution in [3.8, 4) is 5.75 Å². The number of primary sulfonamides is 1. The van der Waals surface area contributed by atoms with E-state index in [9.17, 15) is 16.8 Å². The summed E-state index contributed by atoms with van der Waals surface area (Å²) in [4.78, 5) is -1.42. The van der Waals surface area contributed by atoms with E-state index in [1.807, 2.05) is 0 Å². The second-order valence-corrected chi connectivity index (χ2v) is 6.14. The molecular weight excluding hydrogens is 286 g/mol. The first-order valence-electron chi connectivity index (χ1n) is 4.44. The van der Waals surface area contributed by atoms with Crippen LogP contribution in [0.5, 0.6) is 5.75 Å². The largest absolute Gasteiger partial charge is 0.495 e. The minimum absolute atomic E-state index is 0.228. The fourth-order valence-electron chi connectivity index (χ4n) is 1.45. The molecule has 0 aliphatic rings. The highest BCUT2D eigenvalue weighted by Crippen LogP contribution is 2.31. The van der Waals surface area contributed by atoms with E-state index < -0.39 is 42.1 Å². The fourth-order valence-corrected chi connectivity index (χ4v) is 3.18. The maximum absolute atomic E-state index is 11.4. The van der Waals surface area contributed by atoms with Crippen LogP contribution in [0.3, 0.4) is 0 Å². The number of hydrogen-bond acceptors (Lipinski definition) is 6. The van der Waals surface area contributed by atoms with Gasteiger partial charge >= 0.3 is 0 Å². The van der Waals surface area contributed by atoms with Crippen molar-refractivity contribution in [1.29, 1.82) is 0 Å². The van der Waals surface area contributed by atoms with Gasteiger partial charge in [-0.05, 0) is 12.1 Å². The van der Waals surface area contributed by atoms with Crippen LogP contribution < -0.4 is 9.88 Å². The summed E-state index contributed by atoms with van der Waals surface area (Å²) in [5.74, 6) is -0.228. The van der Waals surface area contributed by atoms with Gasteiger partial charge < -0.3 is 9.84 Å². The van der Waals surface area contributed by atoms with E-state index in [0.29, 0.717) is 0 Å². The van der Waals surface area contributed by atoms with Crippen molar-refractivity contribution in [3.05, 3.63) is 17.7 Å². The summed E-state index contributed by atoms with van der Waals surface area (Å²) in [6.45, 7) is -0.946. The molecule has 8 nitrogen and oxygen atoms in total. The van der Waals surface area contributed by atoms with Gasteiger partial charge in [-0.25, -0.2) is 13.6 Å². The number of rotatable bonds is 4. The van der Waals surface area contributed by atoms with E-state index in [-0.39, 0.29) is 5.75 Å². The minimum atomic E-state index is -4.69. The third-order valence-corrected chi connectivity index (χ3v) is 4.08. The first-order valence-corrected chi connectivity index (χ1v) is 7.42. The molecule has 0 aliphatic heterocycles. The monoisotopic (exact) mass is 297 g/mol. The van der Waals surface area contributed by atoms with Crippen molar-refractivity contribution in [2.45, 2.75) is 16.4 Å². The number of aliphatic hydroxyl groups is 1. The standard InChI is InChI=1S/C8H11NO7S2/c1-16-6-2-3-7(18(13,14)15)5(4-10)8(6)17(9,11)12/h2-3,10H,4H2,1H3,(H2,9,11,12)(H,13,14,15). The lowest BCUT2D eigenvalue weighted by molar-refractivity contribution is 0.272. The normalized spacial score (nSPS) is 12.4. The molecule has 0 saturated carbocycles. The maximum Gasteiger partial charge on any atom is 0.294 e. The number of ether oxygens (including phenoxy) is 1. The highest BCUT2D eigenvalue weighted by Gasteiger charge is 2.27. The lowest BCUT2D eigenvalue weighted by atomic mass is 10.2. The summed E-state index contributed by atoms with van der Waals surface area (Å²) in [6.07, 6.45) is 0. The Balaban J connectivity index is 3.87. The lowest BCUT2D eigenvalue weighted by Crippen LogP contribution is -2.18. The summed E-state index contributed by atoms with van der Waals surface area (Å²) in [7, 11) is -7.87. The first-order chi connectivity index (χ1) is 8.12. The highest BCUT2D eigenvalue weighted by atomic mass is 32.2. The van der Waals surface area contributed by atoms with Crippen molar-refractivity contribution in [1.82, 2.24) is 0 Å². The molecule has 0 heterocycles. The molecule has 10 heteroatoms. The van der Waals surface area contributed by atoms with Crippen LogP contribution in [-0.4, -0.2) is 33.6 Å². The van der Waals surface area contributed by atoms with Crippen LogP contribution in [0.15, 0.2) is 21.9 Å². The van der Waals surface area contributed by atoms with Gasteiger partial charge in [0.2, 0.25) is 10.0 Å². The summed E-state index contributed by atoms with van der Waals surface area (Å²) >= 11 is 0. The molecule has 0 radical (unpaired) electrons. The highest BCUT2D eigenvalue weighted by molar-refractivity contribution is 7.89. The molecule has 102 valence electrons. The summed E-state index contributed by atoms with van der Waals surface area (Å²) in [6, 6.07) is 1.93. The summed E-state index contributed by atoms with van der Waals surface area (Å²) < 4.78 is 58.6. The topological polar surface area (TPSA) is 144 Å². The average Bonchev–Trinajstić information content (AvgIpc) is 2.24. The predicted octanol–water partition coefficient (Wildman–Crippen LogP) is -0.918. The molecule has 18 heavy (non-hydrogen) atoms. The van der Waals surface area contributed by atoms with Crippen LogP contribution in [0.25, 0.3) is 0 Å². The van der Waals surface area contributed by atoms with Gasteiger partial charge in [0.05, 0.1) is 13.7 Å². The Bertz CT molecular complexity index is 663. The number of benzene rings is 1. The molecule has 1 aromatic carbocycles. The van der Waals surface area contributed by atoms with E-state index >= 15 is 0 Å². The third kappa shape index (κ3) is 2.79. The molecule has 0 unspecified atom stereocenters. The van der Waals surface area contributed by atoms with E-state index in [1.54, 1.807) is 0 Å². The van der Waals surface area contributed by atoms with Crippen LogP contribution in [0.4, 0.5) is 0 Å². The number of sulfonamides is 1. The van der Waals surface area contributed by atoms with Gasteiger partial charge in [0.25, 0.3) is 10.1 Å². The second kappa shape index (κ2) is 4.82. The second-order valence-electron chi connectivity index (χ2n) is 3.25. The van der Waals surface area contributed by atoms with Crippen molar-refractivity contribution in [3.63, 3.8) is 0 Å². The Labute approximate surface area is 104 Å². The zero-order valence-electron chi connectivity index (χ0n) is 9.19. The molecular formula is C8H11NO7S2. The lowest BCUT2D eigenvalue weighted by Gasteiger charge is -2.13. The van der Waals surface area contributed by atoms with Crippen LogP contribution >= 0.6 is 0 Å². The smallest absolute Gasteiger partial charge is 0.294 e. The molecule has 0 atom stereocenters. The third-order valence-electron chi connectivity index (χ3n) is 2.12. The van der Waals surface area contributed by atoms with Crippen LogP contribution in [0, 0.1) is 0 Å². The van der Waals surface area contributed by atoms with Gasteiger partial charge in [0.1, 0.15) is 15.5 Å². The Hall–Kier alpha value is -1.20. The van der Waals surface area contributed by atoms with Gasteiger partial charge in [-0.3, -0.25) is 4.55 Å². The van der Waals surface area contributed by atoms with Crippen molar-refractivity contribution >= 4 is 20.1 Å². The SMILES string of the molecule is COc1ccc(S(=O)(=O)O)c(CO)c1S(N)(=O)=O. The molecule has 0 fully saturated rings. The van der Waals surface area contributed by atoms with Crippen LogP contribution in [-0.2, 0) is 26.7 Å². The molecule has 0 bridgehead atoms. The zero-order valence-corrected chi connectivity index (χ0v) is 10.8. The van der Waals surface area contributed by atoms with Gasteiger partial charge in [-0.1, -0.05) is 0 Å². The van der Waals surface area contributed by atoms with E-state index in [1.165, 1.54) is 0 Å². The Kier molecular flexibility index (Phi) is 3.98. The van der Waals surface area contributed by atoms with Gasteiger partial charge in [0, 0.05) is 5.56 Å². The Morgan fingerprint density at radius 3 is 2.17 bits per heavy atom. The van der Waals surface area contributed by atoms with Gasteiger partial charge in [-0.2, -0.15) is 8.42 Å². The number of aliphatic hydroxyl groups excluding tert-OH is 1. The minimum Gasteiger partial charge on any atom is -0.495 e. The molecule has 1 aromatic rings. The zero-order chi connectivity index (χ0) is 14.1. The summed E-state index contributed by atoms with van der Waals surface area (Å²) in [5.41, 5.74) is -0.542. The quantitative estimate of drug-likeness (QED) is 0.609. The van der Waals surface area contributed by atoms with Crippen molar-refractivity contribution in [2.75, 3.05) is 7.11 Å². The number of nitrogens with two attached hydrogens (primary N) is 1. The van der Waals surface area contributed by atoms with Gasteiger partial charge in [-0.15, -0.1) is 0 Å². The van der Waals surface area contributed by atoms with Crippen LogP contribution in [0.2, 0.25) is 0 Å². The van der Waals surface area contributed by atoms with Crippen LogP contribution in [0.1, 0.15) is 5.56 Å². The fraction of sp³-hybridized carbons (Fsp3) is 0.250. The van der Waals surface area contributed by atoms with E-state index in [0.717, 1.165) is 19.2 Å². The average molecular weight is 297 g/mol. The molecule has 0 amide bonds. The maximum atomic E-state index is 11.4. The predicted molar refractivity (Wildman–Crippen MR) is 60.1 cm³/mol. The van der Waals surface area contributed by atoms with E-state index in [2.05, 4.69) is 0 Å². The number of methoxy groups -OCH3 is 1. The van der Waals surface area contributed by atoms with E-state index in [4.69, 9.17) is 19.5 Å². The molecule has 0 saturated heterocycles. The molecule has 0 spiro atoms. The van der Waals surface area contributed by atoms with Crippen molar-refractivity contribution < 1.29 is 31.2 Å². The molecule has 1 rings (SSSR count). The first kappa shape index (κ1) is 14.9. The van der Waals surface area contributed by atoms with Crippen molar-refractivity contribution in [2.24, 2.45) is 5.14 Å². The number of hydrogen-bond donors (Lipinski definition) is 3. The van der Waals surface area contributed by atoms with Gasteiger partial charge in [0.15, 0.2) is 0 Å².